The molecule has 0 aliphatic carbocycles. The van der Waals surface area contributed by atoms with E-state index < -0.39 is 0 Å². The molecule has 0 N–H and O–H groups in total. The quantitative estimate of drug-likeness (QED) is 0.721. The van der Waals surface area contributed by atoms with Gasteiger partial charge in [0.1, 0.15) is 0 Å². The molecule has 0 atom stereocenters. The largest absolute Gasteiger partial charge is 0.255 e. The molecule has 2 rings (SSSR count). The first-order valence-corrected chi connectivity index (χ1v) is 6.12. The second kappa shape index (κ2) is 5.13. The SMILES string of the molecule is C/C(=N\c1c(C)cc(C)cc1C)c1ccccn1. The number of benzene rings is 1. The molecule has 0 unspecified atom stereocenters. The molecule has 2 aromatic rings. The van der Waals surface area contributed by atoms with Crippen LogP contribution in [-0.2, 0) is 0 Å². The number of aryl methyl sites for hydroxylation is 3. The molecule has 0 amide bonds. The molecule has 1 heterocycles. The first-order chi connectivity index (χ1) is 8.58. The van der Waals surface area contributed by atoms with Crippen LogP contribution in [-0.4, -0.2) is 10.7 Å². The topological polar surface area (TPSA) is 25.2 Å². The van der Waals surface area contributed by atoms with Gasteiger partial charge in [-0.15, -0.1) is 0 Å². The maximum Gasteiger partial charge on any atom is 0.0841 e. The van der Waals surface area contributed by atoms with Crippen molar-refractivity contribution in [1.29, 1.82) is 0 Å². The van der Waals surface area contributed by atoms with E-state index in [2.05, 4.69) is 37.9 Å². The molecule has 1 aromatic carbocycles. The Labute approximate surface area is 108 Å². The van der Waals surface area contributed by atoms with Gasteiger partial charge in [-0.25, -0.2) is 0 Å². The van der Waals surface area contributed by atoms with Gasteiger partial charge in [-0.05, 0) is 51.0 Å². The van der Waals surface area contributed by atoms with Crippen molar-refractivity contribution in [3.63, 3.8) is 0 Å². The lowest BCUT2D eigenvalue weighted by atomic mass is 10.1. The third kappa shape index (κ3) is 2.65. The van der Waals surface area contributed by atoms with Gasteiger partial charge in [0.05, 0.1) is 17.1 Å². The third-order valence-electron chi connectivity index (χ3n) is 2.95. The zero-order valence-electron chi connectivity index (χ0n) is 11.4. The summed E-state index contributed by atoms with van der Waals surface area (Å²) in [5.74, 6) is 0. The normalized spacial score (nSPS) is 11.7. The average molecular weight is 238 g/mol. The van der Waals surface area contributed by atoms with Gasteiger partial charge in [-0.2, -0.15) is 0 Å². The van der Waals surface area contributed by atoms with E-state index in [1.165, 1.54) is 16.7 Å². The molecule has 0 spiro atoms. The average Bonchev–Trinajstić information content (AvgIpc) is 2.34. The third-order valence-corrected chi connectivity index (χ3v) is 2.95. The van der Waals surface area contributed by atoms with Gasteiger partial charge in [-0.1, -0.05) is 23.8 Å². The lowest BCUT2D eigenvalue weighted by molar-refractivity contribution is 1.25. The van der Waals surface area contributed by atoms with Crippen molar-refractivity contribution in [2.24, 2.45) is 4.99 Å². The van der Waals surface area contributed by atoms with Gasteiger partial charge in [0.25, 0.3) is 0 Å². The summed E-state index contributed by atoms with van der Waals surface area (Å²) in [6.07, 6.45) is 1.79. The van der Waals surface area contributed by atoms with E-state index in [9.17, 15) is 0 Å². The van der Waals surface area contributed by atoms with Crippen LogP contribution in [0.25, 0.3) is 0 Å². The molecule has 1 aromatic heterocycles. The lowest BCUT2D eigenvalue weighted by Gasteiger charge is -2.08. The molecule has 0 aliphatic heterocycles. The summed E-state index contributed by atoms with van der Waals surface area (Å²) in [7, 11) is 0. The minimum atomic E-state index is 0.928. The van der Waals surface area contributed by atoms with E-state index in [1.54, 1.807) is 6.20 Å². The highest BCUT2D eigenvalue weighted by Crippen LogP contribution is 2.25. The van der Waals surface area contributed by atoms with Crippen LogP contribution < -0.4 is 0 Å². The second-order valence-corrected chi connectivity index (χ2v) is 4.66. The van der Waals surface area contributed by atoms with Gasteiger partial charge in [0, 0.05) is 6.20 Å². The fourth-order valence-electron chi connectivity index (χ4n) is 2.15. The molecule has 92 valence electrons. The molecule has 18 heavy (non-hydrogen) atoms. The number of rotatable bonds is 2. The molecule has 0 saturated carbocycles. The zero-order valence-corrected chi connectivity index (χ0v) is 11.4. The van der Waals surface area contributed by atoms with Crippen LogP contribution in [0.5, 0.6) is 0 Å². The van der Waals surface area contributed by atoms with Crippen molar-refractivity contribution in [1.82, 2.24) is 4.98 Å². The zero-order chi connectivity index (χ0) is 13.1. The standard InChI is InChI=1S/C16H18N2/c1-11-9-12(2)16(13(3)10-11)18-14(4)15-7-5-6-8-17-15/h5-10H,1-4H3/b18-14+. The Morgan fingerprint density at radius 2 is 1.72 bits per heavy atom. The van der Waals surface area contributed by atoms with E-state index in [1.807, 2.05) is 25.1 Å². The molecule has 0 saturated heterocycles. The second-order valence-electron chi connectivity index (χ2n) is 4.66. The molecule has 0 radical (unpaired) electrons. The molecule has 2 heteroatoms. The predicted octanol–water partition coefficient (Wildman–Crippen LogP) is 4.15. The van der Waals surface area contributed by atoms with Crippen LogP contribution in [0.3, 0.4) is 0 Å². The molecule has 0 fully saturated rings. The minimum Gasteiger partial charge on any atom is -0.255 e. The number of pyridine rings is 1. The van der Waals surface area contributed by atoms with Crippen LogP contribution in [0.4, 0.5) is 5.69 Å². The summed E-state index contributed by atoms with van der Waals surface area (Å²) in [5, 5.41) is 0. The maximum absolute atomic E-state index is 4.72. The number of nitrogens with zero attached hydrogens (tertiary/aromatic N) is 2. The number of hydrogen-bond donors (Lipinski definition) is 0. The Balaban J connectivity index is 2.45. The highest BCUT2D eigenvalue weighted by Gasteiger charge is 2.04. The maximum atomic E-state index is 4.72. The summed E-state index contributed by atoms with van der Waals surface area (Å²) >= 11 is 0. The van der Waals surface area contributed by atoms with Gasteiger partial charge < -0.3 is 0 Å². The number of aliphatic imine (C=N–C) groups is 1. The first-order valence-electron chi connectivity index (χ1n) is 6.12. The van der Waals surface area contributed by atoms with Crippen LogP contribution in [0, 0.1) is 20.8 Å². The van der Waals surface area contributed by atoms with Gasteiger partial charge >= 0.3 is 0 Å². The van der Waals surface area contributed by atoms with Crippen molar-refractivity contribution < 1.29 is 0 Å². The fraction of sp³-hybridized carbons (Fsp3) is 0.250. The van der Waals surface area contributed by atoms with Gasteiger partial charge in [-0.3, -0.25) is 9.98 Å². The van der Waals surface area contributed by atoms with E-state index >= 15 is 0 Å². The minimum absolute atomic E-state index is 0.928. The molecular weight excluding hydrogens is 220 g/mol. The van der Waals surface area contributed by atoms with Crippen molar-refractivity contribution in [3.8, 4) is 0 Å². The van der Waals surface area contributed by atoms with Crippen LogP contribution >= 0.6 is 0 Å². The highest BCUT2D eigenvalue weighted by molar-refractivity contribution is 5.98. The lowest BCUT2D eigenvalue weighted by Crippen LogP contribution is -1.97. The van der Waals surface area contributed by atoms with Gasteiger partial charge in [0.2, 0.25) is 0 Å². The van der Waals surface area contributed by atoms with Crippen molar-refractivity contribution in [2.45, 2.75) is 27.7 Å². The highest BCUT2D eigenvalue weighted by atomic mass is 14.8. The van der Waals surface area contributed by atoms with Crippen molar-refractivity contribution >= 4 is 11.4 Å². The summed E-state index contributed by atoms with van der Waals surface area (Å²) in [5.41, 5.74) is 6.64. The van der Waals surface area contributed by atoms with E-state index in [-0.39, 0.29) is 0 Å². The Hall–Kier alpha value is -1.96. The van der Waals surface area contributed by atoms with Crippen molar-refractivity contribution in [3.05, 3.63) is 58.9 Å². The van der Waals surface area contributed by atoms with Crippen molar-refractivity contribution in [2.75, 3.05) is 0 Å². The molecular formula is C16H18N2. The predicted molar refractivity (Wildman–Crippen MR) is 76.8 cm³/mol. The molecule has 0 aliphatic rings. The Morgan fingerprint density at radius 1 is 1.06 bits per heavy atom. The number of hydrogen-bond acceptors (Lipinski definition) is 2. The Bertz CT molecular complexity index is 560. The first kappa shape index (κ1) is 12.5. The summed E-state index contributed by atoms with van der Waals surface area (Å²) in [4.78, 5) is 9.04. The van der Waals surface area contributed by atoms with Gasteiger partial charge in [0.15, 0.2) is 0 Å². The summed E-state index contributed by atoms with van der Waals surface area (Å²) in [6.45, 7) is 8.31. The monoisotopic (exact) mass is 238 g/mol. The van der Waals surface area contributed by atoms with Crippen LogP contribution in [0.15, 0.2) is 41.5 Å². The van der Waals surface area contributed by atoms with Crippen LogP contribution in [0.2, 0.25) is 0 Å². The summed E-state index contributed by atoms with van der Waals surface area (Å²) in [6, 6.07) is 10.2. The fourth-order valence-corrected chi connectivity index (χ4v) is 2.15. The van der Waals surface area contributed by atoms with E-state index in [0.29, 0.717) is 0 Å². The number of aromatic nitrogens is 1. The molecule has 2 nitrogen and oxygen atoms in total. The Kier molecular flexibility index (Phi) is 3.56. The van der Waals surface area contributed by atoms with E-state index in [4.69, 9.17) is 4.99 Å². The molecule has 0 bridgehead atoms. The van der Waals surface area contributed by atoms with E-state index in [0.717, 1.165) is 17.1 Å². The summed E-state index contributed by atoms with van der Waals surface area (Å²) < 4.78 is 0. The Morgan fingerprint density at radius 3 is 2.28 bits per heavy atom. The van der Waals surface area contributed by atoms with Crippen LogP contribution in [0.1, 0.15) is 29.3 Å². The smallest absolute Gasteiger partial charge is 0.0841 e.